The molecule has 0 spiro atoms. The minimum Gasteiger partial charge on any atom is -0.381 e. The molecule has 21 heavy (non-hydrogen) atoms. The fourth-order valence-corrected chi connectivity index (χ4v) is 4.51. The van der Waals surface area contributed by atoms with E-state index in [9.17, 15) is 4.57 Å². The molecule has 1 aromatic carbocycles. The van der Waals surface area contributed by atoms with E-state index in [1.807, 2.05) is 12.1 Å². The molecule has 0 aromatic heterocycles. The van der Waals surface area contributed by atoms with Gasteiger partial charge in [0.15, 0.2) is 0 Å². The van der Waals surface area contributed by atoms with Gasteiger partial charge in [-0.25, -0.2) is 0 Å². The molecule has 1 N–H and O–H groups in total. The molecule has 2 rings (SSSR count). The van der Waals surface area contributed by atoms with E-state index in [1.165, 1.54) is 12.7 Å². The van der Waals surface area contributed by atoms with Crippen LogP contribution < -0.4 is 5.09 Å². The van der Waals surface area contributed by atoms with Crippen molar-refractivity contribution in [2.24, 2.45) is 5.92 Å². The standard InChI is InChI=1S/C16H26NO3P/c1-13(2)15-5-4-6-16(11-15)17-21(18,19-3)12-14-7-9-20-10-8-14/h4-6,11,13-14H,7-10,12H2,1-3H3,(H,17,18). The number of rotatable bonds is 6. The number of benzene rings is 1. The van der Waals surface area contributed by atoms with E-state index in [2.05, 4.69) is 31.1 Å². The molecule has 1 heterocycles. The third kappa shape index (κ3) is 4.84. The molecule has 0 bridgehead atoms. The van der Waals surface area contributed by atoms with Gasteiger partial charge in [0.05, 0.1) is 0 Å². The summed E-state index contributed by atoms with van der Waals surface area (Å²) in [6, 6.07) is 8.08. The summed E-state index contributed by atoms with van der Waals surface area (Å²) in [6.07, 6.45) is 2.49. The first-order chi connectivity index (χ1) is 10.0. The van der Waals surface area contributed by atoms with Gasteiger partial charge in [-0.1, -0.05) is 26.0 Å². The van der Waals surface area contributed by atoms with Crippen molar-refractivity contribution in [3.8, 4) is 0 Å². The Morgan fingerprint density at radius 1 is 1.38 bits per heavy atom. The van der Waals surface area contributed by atoms with E-state index >= 15 is 0 Å². The van der Waals surface area contributed by atoms with Crippen LogP contribution in [0.4, 0.5) is 5.69 Å². The molecule has 4 nitrogen and oxygen atoms in total. The molecule has 1 aliphatic heterocycles. The molecule has 0 radical (unpaired) electrons. The van der Waals surface area contributed by atoms with Gasteiger partial charge in [0.1, 0.15) is 0 Å². The highest BCUT2D eigenvalue weighted by Gasteiger charge is 2.28. The van der Waals surface area contributed by atoms with Crippen molar-refractivity contribution < 1.29 is 13.8 Å². The maximum atomic E-state index is 12.9. The van der Waals surface area contributed by atoms with Crippen molar-refractivity contribution in [2.75, 3.05) is 31.6 Å². The van der Waals surface area contributed by atoms with Gasteiger partial charge in [-0.2, -0.15) is 0 Å². The molecule has 1 unspecified atom stereocenters. The number of hydrogen-bond donors (Lipinski definition) is 1. The lowest BCUT2D eigenvalue weighted by Crippen LogP contribution is -2.20. The summed E-state index contributed by atoms with van der Waals surface area (Å²) in [4.78, 5) is 0. The first kappa shape index (κ1) is 16.5. The average molecular weight is 311 g/mol. The maximum absolute atomic E-state index is 12.9. The first-order valence-electron chi connectivity index (χ1n) is 7.63. The Hall–Kier alpha value is -0.830. The Morgan fingerprint density at radius 3 is 2.71 bits per heavy atom. The Labute approximate surface area is 127 Å². The molecule has 1 atom stereocenters. The predicted octanol–water partition coefficient (Wildman–Crippen LogP) is 4.49. The fourth-order valence-electron chi connectivity index (χ4n) is 2.60. The van der Waals surface area contributed by atoms with Crippen molar-refractivity contribution in [3.05, 3.63) is 29.8 Å². The van der Waals surface area contributed by atoms with Gasteiger partial charge in [-0.15, -0.1) is 0 Å². The molecule has 1 fully saturated rings. The van der Waals surface area contributed by atoms with Crippen LogP contribution in [0.5, 0.6) is 0 Å². The Kier molecular flexibility index (Phi) is 5.86. The van der Waals surface area contributed by atoms with Gasteiger partial charge in [-0.3, -0.25) is 4.57 Å². The molecule has 0 saturated carbocycles. The molecule has 0 amide bonds. The maximum Gasteiger partial charge on any atom is 0.293 e. The van der Waals surface area contributed by atoms with Gasteiger partial charge in [-0.05, 0) is 42.4 Å². The molecule has 1 aromatic rings. The third-order valence-electron chi connectivity index (χ3n) is 3.99. The largest absolute Gasteiger partial charge is 0.381 e. The van der Waals surface area contributed by atoms with Crippen molar-refractivity contribution in [1.29, 1.82) is 0 Å². The lowest BCUT2D eigenvalue weighted by molar-refractivity contribution is 0.0717. The summed E-state index contributed by atoms with van der Waals surface area (Å²) in [5.74, 6) is 0.856. The van der Waals surface area contributed by atoms with Crippen LogP contribution in [0.25, 0.3) is 0 Å². The second-order valence-electron chi connectivity index (χ2n) is 5.99. The Bertz CT molecular complexity index is 498. The monoisotopic (exact) mass is 311 g/mol. The average Bonchev–Trinajstić information content (AvgIpc) is 2.48. The van der Waals surface area contributed by atoms with Crippen LogP contribution in [0.2, 0.25) is 0 Å². The van der Waals surface area contributed by atoms with Gasteiger partial charge in [0.2, 0.25) is 0 Å². The molecule has 0 aliphatic carbocycles. The minimum atomic E-state index is -2.85. The molecular formula is C16H26NO3P. The van der Waals surface area contributed by atoms with Crippen LogP contribution >= 0.6 is 7.52 Å². The molecule has 1 aliphatic rings. The Balaban J connectivity index is 2.06. The van der Waals surface area contributed by atoms with Crippen LogP contribution in [-0.2, 0) is 13.8 Å². The van der Waals surface area contributed by atoms with Crippen LogP contribution in [0, 0.1) is 5.92 Å². The van der Waals surface area contributed by atoms with Crippen LogP contribution in [0.1, 0.15) is 38.2 Å². The van der Waals surface area contributed by atoms with Gasteiger partial charge in [0.25, 0.3) is 7.52 Å². The number of hydrogen-bond acceptors (Lipinski definition) is 3. The topological polar surface area (TPSA) is 47.6 Å². The summed E-state index contributed by atoms with van der Waals surface area (Å²) < 4.78 is 23.6. The highest BCUT2D eigenvalue weighted by Crippen LogP contribution is 2.49. The third-order valence-corrected chi connectivity index (χ3v) is 6.17. The van der Waals surface area contributed by atoms with Crippen LogP contribution in [-0.4, -0.2) is 26.5 Å². The highest BCUT2D eigenvalue weighted by molar-refractivity contribution is 7.60. The van der Waals surface area contributed by atoms with Gasteiger partial charge in [0, 0.05) is 32.2 Å². The second kappa shape index (κ2) is 7.44. The summed E-state index contributed by atoms with van der Waals surface area (Å²) in [6.45, 7) is 5.82. The molecular weight excluding hydrogens is 285 g/mol. The molecule has 5 heteroatoms. The molecule has 1 saturated heterocycles. The summed E-state index contributed by atoms with van der Waals surface area (Å²) in [5.41, 5.74) is 2.10. The van der Waals surface area contributed by atoms with E-state index in [4.69, 9.17) is 9.26 Å². The second-order valence-corrected chi connectivity index (χ2v) is 8.29. The summed E-state index contributed by atoms with van der Waals surface area (Å²) in [7, 11) is -1.32. The summed E-state index contributed by atoms with van der Waals surface area (Å²) >= 11 is 0. The summed E-state index contributed by atoms with van der Waals surface area (Å²) in [5, 5.41) is 3.14. The minimum absolute atomic E-state index is 0.408. The van der Waals surface area contributed by atoms with E-state index < -0.39 is 7.52 Å². The van der Waals surface area contributed by atoms with Crippen molar-refractivity contribution in [3.63, 3.8) is 0 Å². The molecule has 118 valence electrons. The van der Waals surface area contributed by atoms with Crippen molar-refractivity contribution >= 4 is 13.2 Å². The van der Waals surface area contributed by atoms with Crippen molar-refractivity contribution in [1.82, 2.24) is 0 Å². The number of anilines is 1. The highest BCUT2D eigenvalue weighted by atomic mass is 31.2. The zero-order valence-electron chi connectivity index (χ0n) is 13.2. The van der Waals surface area contributed by atoms with E-state index in [1.54, 1.807) is 0 Å². The number of nitrogens with one attached hydrogen (secondary N) is 1. The zero-order chi connectivity index (χ0) is 15.3. The fraction of sp³-hybridized carbons (Fsp3) is 0.625. The Morgan fingerprint density at radius 2 is 2.10 bits per heavy atom. The van der Waals surface area contributed by atoms with E-state index in [0.29, 0.717) is 18.0 Å². The van der Waals surface area contributed by atoms with Crippen molar-refractivity contribution in [2.45, 2.75) is 32.6 Å². The van der Waals surface area contributed by atoms with Crippen LogP contribution in [0.15, 0.2) is 24.3 Å². The number of ether oxygens (including phenoxy) is 1. The van der Waals surface area contributed by atoms with E-state index in [0.717, 1.165) is 31.7 Å². The van der Waals surface area contributed by atoms with Crippen LogP contribution in [0.3, 0.4) is 0 Å². The predicted molar refractivity (Wildman–Crippen MR) is 87.2 cm³/mol. The van der Waals surface area contributed by atoms with E-state index in [-0.39, 0.29) is 0 Å². The van der Waals surface area contributed by atoms with Gasteiger partial charge >= 0.3 is 0 Å². The lowest BCUT2D eigenvalue weighted by Gasteiger charge is -2.27. The smallest absolute Gasteiger partial charge is 0.293 e. The SMILES string of the molecule is COP(=O)(CC1CCOCC1)Nc1cccc(C(C)C)c1. The zero-order valence-corrected chi connectivity index (χ0v) is 14.1. The lowest BCUT2D eigenvalue weighted by atomic mass is 10.0. The van der Waals surface area contributed by atoms with Gasteiger partial charge < -0.3 is 14.3 Å². The quantitative estimate of drug-likeness (QED) is 0.786. The normalized spacial score (nSPS) is 19.4. The first-order valence-corrected chi connectivity index (χ1v) is 9.44.